The van der Waals surface area contributed by atoms with E-state index in [2.05, 4.69) is 10.4 Å². The van der Waals surface area contributed by atoms with E-state index in [9.17, 15) is 9.59 Å². The molecule has 2 atom stereocenters. The molecule has 1 aliphatic heterocycles. The summed E-state index contributed by atoms with van der Waals surface area (Å²) in [6, 6.07) is 7.79. The van der Waals surface area contributed by atoms with Gasteiger partial charge in [0.15, 0.2) is 0 Å². The molecule has 3 rings (SSSR count). The summed E-state index contributed by atoms with van der Waals surface area (Å²) in [5.41, 5.74) is 1.49. The summed E-state index contributed by atoms with van der Waals surface area (Å²) in [4.78, 5) is 23.5. The monoisotopic (exact) mass is 305 g/mol. The number of rotatable bonds is 3. The zero-order chi connectivity index (χ0) is 15.0. The molecule has 1 heterocycles. The van der Waals surface area contributed by atoms with Gasteiger partial charge in [-0.05, 0) is 18.1 Å². The minimum Gasteiger partial charge on any atom is -0.348 e. The van der Waals surface area contributed by atoms with Gasteiger partial charge in [-0.25, -0.2) is 5.01 Å². The third kappa shape index (κ3) is 2.93. The number of amides is 2. The lowest BCUT2D eigenvalue weighted by Crippen LogP contribution is -2.38. The summed E-state index contributed by atoms with van der Waals surface area (Å²) in [6.07, 6.45) is 1.62. The molecule has 0 saturated heterocycles. The van der Waals surface area contributed by atoms with Crippen LogP contribution in [0.15, 0.2) is 29.4 Å². The van der Waals surface area contributed by atoms with Gasteiger partial charge >= 0.3 is 0 Å². The summed E-state index contributed by atoms with van der Waals surface area (Å²) in [6.45, 7) is 0. The highest BCUT2D eigenvalue weighted by molar-refractivity contribution is 6.39. The van der Waals surface area contributed by atoms with Crippen LogP contribution >= 0.6 is 11.6 Å². The van der Waals surface area contributed by atoms with Crippen molar-refractivity contribution in [3.05, 3.63) is 34.9 Å². The largest absolute Gasteiger partial charge is 0.348 e. The first-order valence-electron chi connectivity index (χ1n) is 6.95. The number of carbonyl (C=O) groups is 2. The van der Waals surface area contributed by atoms with Crippen LogP contribution in [-0.2, 0) is 9.59 Å². The summed E-state index contributed by atoms with van der Waals surface area (Å²) in [5, 5.41) is 8.96. The van der Waals surface area contributed by atoms with Crippen LogP contribution in [0, 0.1) is 0 Å². The van der Waals surface area contributed by atoms with E-state index in [-0.39, 0.29) is 23.8 Å². The standard InChI is InChI=1S/C15H16ClN3O2/c1-19-14(20)7-6-12(18-19)15(21)17-13-8-10(13)9-4-2-3-5-11(9)16/h2-5,10,13H,6-8H2,1H3,(H,17,21). The van der Waals surface area contributed by atoms with E-state index in [0.717, 1.165) is 17.0 Å². The van der Waals surface area contributed by atoms with Crippen LogP contribution in [-0.4, -0.2) is 35.6 Å². The van der Waals surface area contributed by atoms with Crippen molar-refractivity contribution in [3.63, 3.8) is 0 Å². The number of hydrogen-bond acceptors (Lipinski definition) is 3. The van der Waals surface area contributed by atoms with E-state index < -0.39 is 0 Å². The van der Waals surface area contributed by atoms with E-state index >= 15 is 0 Å². The lowest BCUT2D eigenvalue weighted by Gasteiger charge is -2.18. The average Bonchev–Trinajstić information content (AvgIpc) is 3.21. The Kier molecular flexibility index (Phi) is 3.68. The van der Waals surface area contributed by atoms with Crippen LogP contribution in [0.5, 0.6) is 0 Å². The molecule has 1 N–H and O–H groups in total. The highest BCUT2D eigenvalue weighted by Crippen LogP contribution is 2.43. The quantitative estimate of drug-likeness (QED) is 0.927. The van der Waals surface area contributed by atoms with Crippen LogP contribution in [0.2, 0.25) is 5.02 Å². The van der Waals surface area contributed by atoms with Gasteiger partial charge in [-0.1, -0.05) is 29.8 Å². The second-order valence-electron chi connectivity index (χ2n) is 5.41. The Bertz CT molecular complexity index is 629. The molecule has 1 fully saturated rings. The van der Waals surface area contributed by atoms with Gasteiger partial charge in [-0.3, -0.25) is 9.59 Å². The number of hydrogen-bond donors (Lipinski definition) is 1. The molecule has 1 aliphatic carbocycles. The number of carbonyl (C=O) groups excluding carboxylic acids is 2. The minimum atomic E-state index is -0.186. The molecule has 0 radical (unpaired) electrons. The Labute approximate surface area is 128 Å². The maximum Gasteiger partial charge on any atom is 0.267 e. The van der Waals surface area contributed by atoms with Crippen LogP contribution in [0.1, 0.15) is 30.7 Å². The second kappa shape index (κ2) is 5.48. The molecule has 1 saturated carbocycles. The van der Waals surface area contributed by atoms with Crippen molar-refractivity contribution in [3.8, 4) is 0 Å². The Balaban J connectivity index is 1.62. The van der Waals surface area contributed by atoms with Crippen LogP contribution in [0.25, 0.3) is 0 Å². The first kappa shape index (κ1) is 14.1. The number of hydrazone groups is 1. The highest BCUT2D eigenvalue weighted by Gasteiger charge is 2.41. The molecular formula is C15H16ClN3O2. The number of benzene rings is 1. The van der Waals surface area contributed by atoms with Gasteiger partial charge in [0.1, 0.15) is 5.71 Å². The topological polar surface area (TPSA) is 61.8 Å². The maximum atomic E-state index is 12.1. The van der Waals surface area contributed by atoms with Gasteiger partial charge in [-0.15, -0.1) is 0 Å². The normalized spacial score (nSPS) is 24.6. The average molecular weight is 306 g/mol. The third-order valence-electron chi connectivity index (χ3n) is 3.88. The number of halogens is 1. The zero-order valence-corrected chi connectivity index (χ0v) is 12.4. The predicted octanol–water partition coefficient (Wildman–Crippen LogP) is 1.92. The van der Waals surface area contributed by atoms with Crippen molar-refractivity contribution in [2.24, 2.45) is 5.10 Å². The summed E-state index contributed by atoms with van der Waals surface area (Å²) < 4.78 is 0. The fourth-order valence-electron chi connectivity index (χ4n) is 2.56. The maximum absolute atomic E-state index is 12.1. The fraction of sp³-hybridized carbons (Fsp3) is 0.400. The molecule has 0 aromatic heterocycles. The Morgan fingerprint density at radius 3 is 2.86 bits per heavy atom. The van der Waals surface area contributed by atoms with Gasteiger partial charge < -0.3 is 5.32 Å². The molecule has 2 aliphatic rings. The molecular weight excluding hydrogens is 290 g/mol. The van der Waals surface area contributed by atoms with Crippen molar-refractivity contribution in [2.75, 3.05) is 7.05 Å². The summed E-state index contributed by atoms with van der Waals surface area (Å²) >= 11 is 6.16. The number of nitrogens with zero attached hydrogens (tertiary/aromatic N) is 2. The number of nitrogens with one attached hydrogen (secondary N) is 1. The SMILES string of the molecule is CN1N=C(C(=O)NC2CC2c2ccccc2Cl)CCC1=O. The molecule has 110 valence electrons. The van der Waals surface area contributed by atoms with Gasteiger partial charge in [-0.2, -0.15) is 5.10 Å². The van der Waals surface area contributed by atoms with Crippen molar-refractivity contribution >= 4 is 29.1 Å². The first-order valence-corrected chi connectivity index (χ1v) is 7.33. The molecule has 1 aromatic rings. The third-order valence-corrected chi connectivity index (χ3v) is 4.23. The lowest BCUT2D eigenvalue weighted by atomic mass is 10.1. The Hall–Kier alpha value is -1.88. The zero-order valence-electron chi connectivity index (χ0n) is 11.7. The molecule has 5 nitrogen and oxygen atoms in total. The van der Waals surface area contributed by atoms with Gasteiger partial charge in [0.05, 0.1) is 0 Å². The van der Waals surface area contributed by atoms with Gasteiger partial charge in [0.2, 0.25) is 5.91 Å². The molecule has 0 bridgehead atoms. The molecule has 0 spiro atoms. The Morgan fingerprint density at radius 2 is 2.14 bits per heavy atom. The highest BCUT2D eigenvalue weighted by atomic mass is 35.5. The van der Waals surface area contributed by atoms with E-state index in [4.69, 9.17) is 11.6 Å². The summed E-state index contributed by atoms with van der Waals surface area (Å²) in [5.74, 6) is 0.0204. The molecule has 2 unspecified atom stereocenters. The Morgan fingerprint density at radius 1 is 1.38 bits per heavy atom. The predicted molar refractivity (Wildman–Crippen MR) is 80.2 cm³/mol. The first-order chi connectivity index (χ1) is 10.1. The van der Waals surface area contributed by atoms with Crippen LogP contribution in [0.4, 0.5) is 0 Å². The van der Waals surface area contributed by atoms with E-state index in [1.807, 2.05) is 24.3 Å². The lowest BCUT2D eigenvalue weighted by molar-refractivity contribution is -0.130. The molecule has 1 aromatic carbocycles. The van der Waals surface area contributed by atoms with Crippen molar-refractivity contribution in [2.45, 2.75) is 31.2 Å². The molecule has 6 heteroatoms. The second-order valence-corrected chi connectivity index (χ2v) is 5.81. The van der Waals surface area contributed by atoms with Crippen LogP contribution in [0.3, 0.4) is 0 Å². The smallest absolute Gasteiger partial charge is 0.267 e. The van der Waals surface area contributed by atoms with E-state index in [1.165, 1.54) is 5.01 Å². The van der Waals surface area contributed by atoms with E-state index in [1.54, 1.807) is 7.05 Å². The van der Waals surface area contributed by atoms with E-state index in [0.29, 0.717) is 18.6 Å². The fourth-order valence-corrected chi connectivity index (χ4v) is 2.83. The molecule has 2 amide bonds. The van der Waals surface area contributed by atoms with Gasteiger partial charge in [0.25, 0.3) is 5.91 Å². The van der Waals surface area contributed by atoms with Crippen molar-refractivity contribution < 1.29 is 9.59 Å². The van der Waals surface area contributed by atoms with Crippen molar-refractivity contribution in [1.29, 1.82) is 0 Å². The van der Waals surface area contributed by atoms with Crippen molar-refractivity contribution in [1.82, 2.24) is 10.3 Å². The van der Waals surface area contributed by atoms with Crippen LogP contribution < -0.4 is 5.32 Å². The summed E-state index contributed by atoms with van der Waals surface area (Å²) in [7, 11) is 1.57. The minimum absolute atomic E-state index is 0.0630. The van der Waals surface area contributed by atoms with Gasteiger partial charge in [0, 0.05) is 36.9 Å². The molecule has 21 heavy (non-hydrogen) atoms.